The highest BCUT2D eigenvalue weighted by Crippen LogP contribution is 2.61. The van der Waals surface area contributed by atoms with Crippen molar-refractivity contribution in [2.75, 3.05) is 0 Å². The molecule has 0 saturated heterocycles. The van der Waals surface area contributed by atoms with E-state index in [0.717, 1.165) is 18.4 Å². The van der Waals surface area contributed by atoms with Gasteiger partial charge in [0.05, 0.1) is 5.60 Å². The lowest BCUT2D eigenvalue weighted by Crippen LogP contribution is -2.33. The molecule has 1 saturated carbocycles. The quantitative estimate of drug-likeness (QED) is 0.691. The summed E-state index contributed by atoms with van der Waals surface area (Å²) in [5.41, 5.74) is 2.95. The molecule has 1 N–H and O–H groups in total. The first-order valence-electron chi connectivity index (χ1n) is 5.63. The molecular formula is C14H16O. The van der Waals surface area contributed by atoms with Crippen LogP contribution in [-0.2, 0) is 0 Å². The second-order valence-electron chi connectivity index (χ2n) is 4.92. The maximum absolute atomic E-state index is 10.8. The highest BCUT2D eigenvalue weighted by molar-refractivity contribution is 5.50. The molecule has 0 spiro atoms. The summed E-state index contributed by atoms with van der Waals surface area (Å²) in [5, 5.41) is 10.8. The van der Waals surface area contributed by atoms with Crippen LogP contribution in [0.1, 0.15) is 42.7 Å². The molecule has 2 aliphatic carbocycles. The number of benzene rings is 1. The lowest BCUT2D eigenvalue weighted by atomic mass is 9.83. The van der Waals surface area contributed by atoms with E-state index in [4.69, 9.17) is 0 Å². The molecule has 3 atom stereocenters. The Hall–Kier alpha value is -1.08. The molecule has 1 nitrogen and oxygen atoms in total. The molecule has 2 bridgehead atoms. The van der Waals surface area contributed by atoms with Crippen LogP contribution in [0.15, 0.2) is 36.4 Å². The topological polar surface area (TPSA) is 20.2 Å². The molecule has 1 heteroatoms. The van der Waals surface area contributed by atoms with Crippen molar-refractivity contribution in [1.82, 2.24) is 0 Å². The molecule has 1 aromatic rings. The third-order valence-corrected chi connectivity index (χ3v) is 4.24. The first kappa shape index (κ1) is 9.17. The second kappa shape index (κ2) is 2.73. The molecule has 0 heterocycles. The van der Waals surface area contributed by atoms with Crippen LogP contribution >= 0.6 is 0 Å². The van der Waals surface area contributed by atoms with Crippen LogP contribution in [0.2, 0.25) is 0 Å². The zero-order chi connectivity index (χ0) is 10.6. The Morgan fingerprint density at radius 1 is 1.27 bits per heavy atom. The summed E-state index contributed by atoms with van der Waals surface area (Å²) in [4.78, 5) is 0. The van der Waals surface area contributed by atoms with Gasteiger partial charge >= 0.3 is 0 Å². The Labute approximate surface area is 90.4 Å². The molecule has 78 valence electrons. The van der Waals surface area contributed by atoms with E-state index < -0.39 is 5.60 Å². The van der Waals surface area contributed by atoms with E-state index in [0.29, 0.717) is 0 Å². The van der Waals surface area contributed by atoms with Crippen LogP contribution < -0.4 is 0 Å². The van der Waals surface area contributed by atoms with E-state index in [1.54, 1.807) is 0 Å². The second-order valence-corrected chi connectivity index (χ2v) is 4.92. The minimum atomic E-state index is -0.663. The monoisotopic (exact) mass is 200 g/mol. The fraction of sp³-hybridized carbons (Fsp3) is 0.429. The zero-order valence-electron chi connectivity index (χ0n) is 9.03. The molecular weight excluding hydrogens is 184 g/mol. The van der Waals surface area contributed by atoms with Gasteiger partial charge in [-0.3, -0.25) is 0 Å². The van der Waals surface area contributed by atoms with Crippen LogP contribution in [0.4, 0.5) is 0 Å². The van der Waals surface area contributed by atoms with Gasteiger partial charge in [-0.25, -0.2) is 0 Å². The van der Waals surface area contributed by atoms with Crippen LogP contribution in [0.3, 0.4) is 0 Å². The summed E-state index contributed by atoms with van der Waals surface area (Å²) in [6, 6.07) is 8.46. The molecule has 0 aliphatic heterocycles. The lowest BCUT2D eigenvalue weighted by Gasteiger charge is -2.29. The summed E-state index contributed by atoms with van der Waals surface area (Å²) in [6.45, 7) is 5.94. The SMILES string of the molecule is C=C(C)C1(O)[C@@H]2CC[C@H]1c1ccccc12. The predicted molar refractivity (Wildman–Crippen MR) is 60.9 cm³/mol. The van der Waals surface area contributed by atoms with Crippen LogP contribution in [0, 0.1) is 0 Å². The average molecular weight is 200 g/mol. The van der Waals surface area contributed by atoms with Crippen molar-refractivity contribution in [2.45, 2.75) is 37.2 Å². The van der Waals surface area contributed by atoms with Gasteiger partial charge in [0.15, 0.2) is 0 Å². The van der Waals surface area contributed by atoms with Crippen molar-refractivity contribution < 1.29 is 5.11 Å². The molecule has 0 aromatic heterocycles. The van der Waals surface area contributed by atoms with Gasteiger partial charge < -0.3 is 5.11 Å². The molecule has 1 fully saturated rings. The highest BCUT2D eigenvalue weighted by atomic mass is 16.3. The summed E-state index contributed by atoms with van der Waals surface area (Å²) >= 11 is 0. The minimum absolute atomic E-state index is 0.288. The standard InChI is InChI=1S/C14H16O/c1-9(2)14(15)12-7-8-13(14)11-6-4-3-5-10(11)12/h3-6,12-13,15H,1,7-8H2,2H3/t12-,13+,14?. The molecule has 15 heavy (non-hydrogen) atoms. The van der Waals surface area contributed by atoms with Crippen molar-refractivity contribution in [3.63, 3.8) is 0 Å². The summed E-state index contributed by atoms with van der Waals surface area (Å²) in [6.07, 6.45) is 2.20. The van der Waals surface area contributed by atoms with Gasteiger partial charge in [0.1, 0.15) is 0 Å². The normalized spacial score (nSPS) is 36.7. The Balaban J connectivity index is 2.20. The van der Waals surface area contributed by atoms with Gasteiger partial charge in [0.25, 0.3) is 0 Å². The van der Waals surface area contributed by atoms with Crippen LogP contribution in [0.5, 0.6) is 0 Å². The van der Waals surface area contributed by atoms with Crippen molar-refractivity contribution in [1.29, 1.82) is 0 Å². The Morgan fingerprint density at radius 2 is 1.73 bits per heavy atom. The van der Waals surface area contributed by atoms with E-state index >= 15 is 0 Å². The van der Waals surface area contributed by atoms with E-state index in [9.17, 15) is 5.11 Å². The summed E-state index contributed by atoms with van der Waals surface area (Å²) in [5.74, 6) is 0.576. The predicted octanol–water partition coefficient (Wildman–Crippen LogP) is 2.97. The van der Waals surface area contributed by atoms with E-state index in [-0.39, 0.29) is 11.8 Å². The molecule has 3 rings (SSSR count). The summed E-state index contributed by atoms with van der Waals surface area (Å²) < 4.78 is 0. The first-order chi connectivity index (χ1) is 7.15. The van der Waals surface area contributed by atoms with Crippen molar-refractivity contribution >= 4 is 0 Å². The average Bonchev–Trinajstić information content (AvgIpc) is 2.70. The number of hydrogen-bond donors (Lipinski definition) is 1. The summed E-state index contributed by atoms with van der Waals surface area (Å²) in [7, 11) is 0. The lowest BCUT2D eigenvalue weighted by molar-refractivity contribution is 0.0636. The van der Waals surface area contributed by atoms with Gasteiger partial charge in [-0.1, -0.05) is 30.8 Å². The third-order valence-electron chi connectivity index (χ3n) is 4.24. The van der Waals surface area contributed by atoms with Crippen LogP contribution in [-0.4, -0.2) is 10.7 Å². The van der Waals surface area contributed by atoms with E-state index in [2.05, 4.69) is 30.8 Å². The minimum Gasteiger partial charge on any atom is -0.384 e. The maximum Gasteiger partial charge on any atom is 0.0987 e. The smallest absolute Gasteiger partial charge is 0.0987 e. The van der Waals surface area contributed by atoms with Gasteiger partial charge in [-0.05, 0) is 36.5 Å². The number of aliphatic hydroxyl groups is 1. The van der Waals surface area contributed by atoms with Crippen LogP contribution in [0.25, 0.3) is 0 Å². The van der Waals surface area contributed by atoms with Gasteiger partial charge in [-0.15, -0.1) is 0 Å². The van der Waals surface area contributed by atoms with Crippen molar-refractivity contribution in [3.8, 4) is 0 Å². The van der Waals surface area contributed by atoms with Gasteiger partial charge in [0.2, 0.25) is 0 Å². The molecule has 2 aliphatic rings. The first-order valence-corrected chi connectivity index (χ1v) is 5.63. The Bertz CT molecular complexity index is 402. The number of fused-ring (bicyclic) bond motifs is 5. The third kappa shape index (κ3) is 0.920. The van der Waals surface area contributed by atoms with Gasteiger partial charge in [0, 0.05) is 11.8 Å². The number of hydrogen-bond acceptors (Lipinski definition) is 1. The molecule has 1 unspecified atom stereocenters. The van der Waals surface area contributed by atoms with Crippen molar-refractivity contribution in [2.24, 2.45) is 0 Å². The zero-order valence-corrected chi connectivity index (χ0v) is 9.03. The Morgan fingerprint density at radius 3 is 2.13 bits per heavy atom. The van der Waals surface area contributed by atoms with E-state index in [1.165, 1.54) is 11.1 Å². The maximum atomic E-state index is 10.8. The molecule has 0 radical (unpaired) electrons. The highest BCUT2D eigenvalue weighted by Gasteiger charge is 2.56. The number of rotatable bonds is 1. The molecule has 1 aromatic carbocycles. The van der Waals surface area contributed by atoms with Crippen molar-refractivity contribution in [3.05, 3.63) is 47.5 Å². The molecule has 0 amide bonds. The fourth-order valence-corrected chi connectivity index (χ4v) is 3.54. The fourth-order valence-electron chi connectivity index (χ4n) is 3.54. The van der Waals surface area contributed by atoms with E-state index in [1.807, 2.05) is 6.92 Å². The Kier molecular flexibility index (Phi) is 1.67. The van der Waals surface area contributed by atoms with Gasteiger partial charge in [-0.2, -0.15) is 0 Å². The largest absolute Gasteiger partial charge is 0.384 e.